The van der Waals surface area contributed by atoms with Crippen molar-refractivity contribution in [2.45, 2.75) is 25.3 Å². The van der Waals surface area contributed by atoms with Gasteiger partial charge in [-0.1, -0.05) is 42.0 Å². The lowest BCUT2D eigenvalue weighted by Crippen LogP contribution is -2.29. The van der Waals surface area contributed by atoms with Crippen molar-refractivity contribution in [1.29, 1.82) is 0 Å². The van der Waals surface area contributed by atoms with Crippen molar-refractivity contribution in [3.8, 4) is 5.75 Å². The molecule has 0 spiro atoms. The average molecular weight is 411 g/mol. The van der Waals surface area contributed by atoms with Gasteiger partial charge in [0.2, 0.25) is 0 Å². The fraction of sp³-hybridized carbons (Fsp3) is 0.222. The minimum absolute atomic E-state index is 0.0832. The van der Waals surface area contributed by atoms with Gasteiger partial charge in [-0.15, -0.1) is 0 Å². The molecule has 0 bridgehead atoms. The summed E-state index contributed by atoms with van der Waals surface area (Å²) in [6.45, 7) is 1.99. The zero-order valence-electron chi connectivity index (χ0n) is 17.8. The van der Waals surface area contributed by atoms with Crippen molar-refractivity contribution in [3.05, 3.63) is 101 Å². The molecule has 1 amide bonds. The van der Waals surface area contributed by atoms with E-state index in [1.54, 1.807) is 7.11 Å². The number of methoxy groups -OCH3 is 1. The number of aryl methyl sites for hydroxylation is 1. The first-order valence-corrected chi connectivity index (χ1v) is 10.7. The summed E-state index contributed by atoms with van der Waals surface area (Å²) in [6.07, 6.45) is 5.61. The van der Waals surface area contributed by atoms with E-state index < -0.39 is 0 Å². The number of allylic oxidation sites excluding steroid dienone is 2. The van der Waals surface area contributed by atoms with Gasteiger partial charge < -0.3 is 15.4 Å². The van der Waals surface area contributed by atoms with Crippen LogP contribution in [-0.2, 0) is 0 Å². The lowest BCUT2D eigenvalue weighted by atomic mass is 9.77. The van der Waals surface area contributed by atoms with E-state index in [9.17, 15) is 4.79 Å². The number of benzene rings is 3. The van der Waals surface area contributed by atoms with Gasteiger partial charge in [-0.05, 0) is 72.9 Å². The number of ether oxygens (including phenoxy) is 1. The van der Waals surface area contributed by atoms with Crippen molar-refractivity contribution in [2.24, 2.45) is 5.92 Å². The molecule has 0 saturated carbocycles. The Kier molecular flexibility index (Phi) is 4.99. The van der Waals surface area contributed by atoms with E-state index in [4.69, 9.17) is 4.74 Å². The summed E-state index contributed by atoms with van der Waals surface area (Å²) in [4.78, 5) is 12.7. The summed E-state index contributed by atoms with van der Waals surface area (Å²) in [7, 11) is 1.70. The van der Waals surface area contributed by atoms with Gasteiger partial charge in [-0.2, -0.15) is 0 Å². The molecule has 2 aliphatic rings. The minimum atomic E-state index is -0.0832. The largest absolute Gasteiger partial charge is 0.497 e. The van der Waals surface area contributed by atoms with Crippen LogP contribution in [0.5, 0.6) is 5.75 Å². The first kappa shape index (κ1) is 19.4. The Hall–Kier alpha value is -3.53. The predicted octanol–water partition coefficient (Wildman–Crippen LogP) is 6.08. The van der Waals surface area contributed by atoms with E-state index in [0.29, 0.717) is 17.4 Å². The van der Waals surface area contributed by atoms with E-state index in [2.05, 4.69) is 47.1 Å². The van der Waals surface area contributed by atoms with Gasteiger partial charge in [-0.25, -0.2) is 0 Å². The number of fused-ring (bicyclic) bond motifs is 3. The summed E-state index contributed by atoms with van der Waals surface area (Å²) in [6, 6.07) is 22.4. The highest BCUT2D eigenvalue weighted by Crippen LogP contribution is 2.50. The molecule has 1 heterocycles. The second kappa shape index (κ2) is 7.95. The average Bonchev–Trinajstić information content (AvgIpc) is 3.29. The van der Waals surface area contributed by atoms with Crippen LogP contribution in [0.1, 0.15) is 45.4 Å². The smallest absolute Gasteiger partial charge is 0.255 e. The van der Waals surface area contributed by atoms with Crippen molar-refractivity contribution < 1.29 is 9.53 Å². The lowest BCUT2D eigenvalue weighted by molar-refractivity contribution is 0.102. The summed E-state index contributed by atoms with van der Waals surface area (Å²) in [5.74, 6) is 1.55. The number of nitrogens with one attached hydrogen (secondary N) is 2. The van der Waals surface area contributed by atoms with Gasteiger partial charge in [0.25, 0.3) is 5.91 Å². The number of rotatable bonds is 4. The van der Waals surface area contributed by atoms with E-state index in [-0.39, 0.29) is 11.9 Å². The lowest BCUT2D eigenvalue weighted by Gasteiger charge is -2.37. The third-order valence-electron chi connectivity index (χ3n) is 6.35. The first-order chi connectivity index (χ1) is 15.1. The highest BCUT2D eigenvalue weighted by Gasteiger charge is 2.38. The Morgan fingerprint density at radius 3 is 2.77 bits per heavy atom. The van der Waals surface area contributed by atoms with Gasteiger partial charge in [0.05, 0.1) is 13.2 Å². The zero-order chi connectivity index (χ0) is 21.4. The summed E-state index contributed by atoms with van der Waals surface area (Å²) in [5, 5.41) is 6.81. The Morgan fingerprint density at radius 2 is 1.94 bits per heavy atom. The number of amides is 1. The molecule has 0 radical (unpaired) electrons. The molecule has 31 heavy (non-hydrogen) atoms. The van der Waals surface area contributed by atoms with Crippen LogP contribution in [0.25, 0.3) is 0 Å². The molecule has 156 valence electrons. The minimum Gasteiger partial charge on any atom is -0.497 e. The van der Waals surface area contributed by atoms with E-state index in [0.717, 1.165) is 29.1 Å². The van der Waals surface area contributed by atoms with Gasteiger partial charge in [0.1, 0.15) is 5.75 Å². The molecular weight excluding hydrogens is 384 g/mol. The molecule has 4 nitrogen and oxygen atoms in total. The van der Waals surface area contributed by atoms with E-state index in [1.165, 1.54) is 11.1 Å². The third-order valence-corrected chi connectivity index (χ3v) is 6.35. The van der Waals surface area contributed by atoms with Crippen LogP contribution in [-0.4, -0.2) is 13.0 Å². The maximum atomic E-state index is 12.7. The van der Waals surface area contributed by atoms with Crippen molar-refractivity contribution in [3.63, 3.8) is 0 Å². The normalized spacial score (nSPS) is 21.0. The summed E-state index contributed by atoms with van der Waals surface area (Å²) < 4.78 is 5.44. The van der Waals surface area contributed by atoms with E-state index >= 15 is 0 Å². The second-order valence-electron chi connectivity index (χ2n) is 8.38. The molecular formula is C27H26N2O2. The summed E-state index contributed by atoms with van der Waals surface area (Å²) >= 11 is 0. The summed E-state index contributed by atoms with van der Waals surface area (Å²) in [5.41, 5.74) is 6.16. The third kappa shape index (κ3) is 3.70. The first-order valence-electron chi connectivity index (χ1n) is 10.7. The van der Waals surface area contributed by atoms with Crippen molar-refractivity contribution in [1.82, 2.24) is 0 Å². The standard InChI is InChI=1S/C27H26N2O2/c1-17-6-3-8-19(14-17)27(30)28-20-12-13-25-24(16-20)22-10-5-11-23(22)26(29-25)18-7-4-9-21(15-18)31-2/h3-10,12-16,22-23,26,29H,11H2,1-2H3,(H,28,30). The monoisotopic (exact) mass is 410 g/mol. The van der Waals surface area contributed by atoms with E-state index in [1.807, 2.05) is 49.4 Å². The molecule has 0 fully saturated rings. The maximum Gasteiger partial charge on any atom is 0.255 e. The Labute approximate surface area is 183 Å². The molecule has 4 heteroatoms. The van der Waals surface area contributed by atoms with Crippen LogP contribution in [0.15, 0.2) is 78.9 Å². The molecule has 3 atom stereocenters. The quantitative estimate of drug-likeness (QED) is 0.512. The Morgan fingerprint density at radius 1 is 1.06 bits per heavy atom. The van der Waals surface area contributed by atoms with Crippen molar-refractivity contribution in [2.75, 3.05) is 17.7 Å². The van der Waals surface area contributed by atoms with Crippen LogP contribution in [0, 0.1) is 12.8 Å². The number of carbonyl (C=O) groups is 1. The van der Waals surface area contributed by atoms with Crippen molar-refractivity contribution >= 4 is 17.3 Å². The molecule has 0 saturated heterocycles. The van der Waals surface area contributed by atoms with Crippen LogP contribution >= 0.6 is 0 Å². The van der Waals surface area contributed by atoms with Crippen LogP contribution in [0.3, 0.4) is 0 Å². The fourth-order valence-corrected chi connectivity index (χ4v) is 4.83. The molecule has 1 aliphatic carbocycles. The number of anilines is 2. The van der Waals surface area contributed by atoms with Gasteiger partial charge in [0.15, 0.2) is 0 Å². The predicted molar refractivity (Wildman–Crippen MR) is 125 cm³/mol. The SMILES string of the molecule is COc1cccc(C2Nc3ccc(NC(=O)c4cccc(C)c4)cc3C3C=CCC32)c1. The highest BCUT2D eigenvalue weighted by atomic mass is 16.5. The fourth-order valence-electron chi connectivity index (χ4n) is 4.83. The molecule has 3 unspecified atom stereocenters. The molecule has 3 aromatic rings. The number of hydrogen-bond acceptors (Lipinski definition) is 3. The van der Waals surface area contributed by atoms with Gasteiger partial charge >= 0.3 is 0 Å². The maximum absolute atomic E-state index is 12.7. The highest BCUT2D eigenvalue weighted by molar-refractivity contribution is 6.04. The molecule has 1 aliphatic heterocycles. The number of carbonyl (C=O) groups excluding carboxylic acids is 1. The molecule has 5 rings (SSSR count). The van der Waals surface area contributed by atoms with Crippen LogP contribution in [0.2, 0.25) is 0 Å². The number of hydrogen-bond donors (Lipinski definition) is 2. The zero-order valence-corrected chi connectivity index (χ0v) is 17.8. The van der Waals surface area contributed by atoms with Crippen LogP contribution < -0.4 is 15.4 Å². The molecule has 0 aromatic heterocycles. The Balaban J connectivity index is 1.43. The molecule has 3 aromatic carbocycles. The Bertz CT molecular complexity index is 1170. The van der Waals surface area contributed by atoms with Crippen LogP contribution in [0.4, 0.5) is 11.4 Å². The van der Waals surface area contributed by atoms with Gasteiger partial charge in [-0.3, -0.25) is 4.79 Å². The second-order valence-corrected chi connectivity index (χ2v) is 8.38. The topological polar surface area (TPSA) is 50.4 Å². The molecule has 2 N–H and O–H groups in total. The van der Waals surface area contributed by atoms with Gasteiger partial charge in [0, 0.05) is 22.9 Å².